The number of para-hydroxylation sites is 2. The molecule has 0 bridgehead atoms. The number of nitrogens with two attached hydrogens (primary N) is 1. The fraction of sp³-hybridized carbons (Fsp3) is 0.250. The number of fused-ring (bicyclic) bond motifs is 2. The molecule has 2 aromatic carbocycles. The van der Waals surface area contributed by atoms with Gasteiger partial charge < -0.3 is 20.7 Å². The first-order valence-electron chi connectivity index (χ1n) is 10.8. The Hall–Kier alpha value is -4.19. The zero-order chi connectivity index (χ0) is 26.6. The first-order valence-corrected chi connectivity index (χ1v) is 10.8. The van der Waals surface area contributed by atoms with Crippen LogP contribution in [-0.4, -0.2) is 51.0 Å². The highest BCUT2D eigenvalue weighted by molar-refractivity contribution is 5.97. The largest absolute Gasteiger partial charge is 0.490 e. The van der Waals surface area contributed by atoms with Gasteiger partial charge >= 0.3 is 18.2 Å². The van der Waals surface area contributed by atoms with Gasteiger partial charge in [0.2, 0.25) is 0 Å². The second-order valence-corrected chi connectivity index (χ2v) is 7.80. The minimum absolute atomic E-state index is 0.259. The number of aliphatic carboxylic acids is 1. The highest BCUT2D eigenvalue weighted by atomic mass is 19.4. The summed E-state index contributed by atoms with van der Waals surface area (Å²) >= 11 is 0. The van der Waals surface area contributed by atoms with Crippen molar-refractivity contribution in [2.24, 2.45) is 5.73 Å². The standard InChI is InChI=1S/C22H23N5O2.C2HF3O2/c1-14-7-5-9-17-20(14)27(22(29)24-2)21(28)19(25-17)16-13-26(12-6-11-23)18-10-4-3-8-15(16)18;3-2(4,5)1(6)7/h3-5,7-10,13H,6,11-12,23H2,1-2H3,(H,24,29);(H,6,7). The molecule has 0 atom stereocenters. The summed E-state index contributed by atoms with van der Waals surface area (Å²) in [7, 11) is 1.51. The van der Waals surface area contributed by atoms with Crippen LogP contribution >= 0.6 is 0 Å². The van der Waals surface area contributed by atoms with Gasteiger partial charge in [0.25, 0.3) is 5.56 Å². The first kappa shape index (κ1) is 26.4. The molecule has 9 nitrogen and oxygen atoms in total. The lowest BCUT2D eigenvalue weighted by Crippen LogP contribution is -2.36. The summed E-state index contributed by atoms with van der Waals surface area (Å²) in [6, 6.07) is 12.9. The molecule has 1 amide bonds. The Labute approximate surface area is 203 Å². The number of carbonyl (C=O) groups is 2. The number of carbonyl (C=O) groups excluding carboxylic acids is 1. The van der Waals surface area contributed by atoms with Crippen molar-refractivity contribution >= 4 is 33.9 Å². The SMILES string of the molecule is CNC(=O)n1c(=O)c(-c2cn(CCCN)c3ccccc23)nc2cccc(C)c21.O=C(O)C(F)(F)F. The van der Waals surface area contributed by atoms with Crippen LogP contribution in [0.1, 0.15) is 12.0 Å². The third-order valence-electron chi connectivity index (χ3n) is 5.38. The van der Waals surface area contributed by atoms with Crippen molar-refractivity contribution in [2.45, 2.75) is 26.1 Å². The summed E-state index contributed by atoms with van der Waals surface area (Å²) in [5, 5.41) is 10.6. The van der Waals surface area contributed by atoms with Crippen LogP contribution in [0.15, 0.2) is 53.5 Å². The summed E-state index contributed by atoms with van der Waals surface area (Å²) in [6.07, 6.45) is -2.33. The Bertz CT molecular complexity index is 1490. The number of nitrogens with zero attached hydrogens (tertiary/aromatic N) is 3. The highest BCUT2D eigenvalue weighted by Gasteiger charge is 2.38. The lowest BCUT2D eigenvalue weighted by Gasteiger charge is -2.12. The van der Waals surface area contributed by atoms with E-state index in [-0.39, 0.29) is 5.69 Å². The van der Waals surface area contributed by atoms with Gasteiger partial charge in [-0.2, -0.15) is 13.2 Å². The molecule has 0 aliphatic heterocycles. The number of carboxylic acid groups (broad SMARTS) is 1. The van der Waals surface area contributed by atoms with Crippen molar-refractivity contribution in [1.29, 1.82) is 0 Å². The zero-order valence-electron chi connectivity index (χ0n) is 19.5. The van der Waals surface area contributed by atoms with Gasteiger partial charge in [0.15, 0.2) is 0 Å². The molecule has 36 heavy (non-hydrogen) atoms. The molecule has 0 saturated heterocycles. The molecule has 0 aliphatic rings. The van der Waals surface area contributed by atoms with E-state index >= 15 is 0 Å². The minimum Gasteiger partial charge on any atom is -0.475 e. The number of aromatic nitrogens is 3. The highest BCUT2D eigenvalue weighted by Crippen LogP contribution is 2.29. The summed E-state index contributed by atoms with van der Waals surface area (Å²) in [5.74, 6) is -2.76. The summed E-state index contributed by atoms with van der Waals surface area (Å²) in [4.78, 5) is 39.6. The molecule has 2 aromatic heterocycles. The molecule has 4 rings (SSSR count). The van der Waals surface area contributed by atoms with Gasteiger partial charge in [0.1, 0.15) is 5.69 Å². The summed E-state index contributed by atoms with van der Waals surface area (Å²) < 4.78 is 35.0. The molecule has 0 aliphatic carbocycles. The molecule has 0 saturated carbocycles. The predicted molar refractivity (Wildman–Crippen MR) is 129 cm³/mol. The quantitative estimate of drug-likeness (QED) is 0.391. The van der Waals surface area contributed by atoms with Crippen LogP contribution in [0, 0.1) is 6.92 Å². The van der Waals surface area contributed by atoms with E-state index in [9.17, 15) is 22.8 Å². The van der Waals surface area contributed by atoms with Crippen LogP contribution in [0.25, 0.3) is 33.2 Å². The van der Waals surface area contributed by atoms with Crippen molar-refractivity contribution < 1.29 is 27.9 Å². The average Bonchev–Trinajstić information content (AvgIpc) is 3.20. The van der Waals surface area contributed by atoms with Gasteiger partial charge in [-0.3, -0.25) is 4.79 Å². The van der Waals surface area contributed by atoms with Crippen molar-refractivity contribution in [3.05, 3.63) is 64.6 Å². The third kappa shape index (κ3) is 5.23. The molecule has 0 radical (unpaired) electrons. The van der Waals surface area contributed by atoms with E-state index in [2.05, 4.69) is 14.9 Å². The van der Waals surface area contributed by atoms with Crippen LogP contribution < -0.4 is 16.6 Å². The normalized spacial score (nSPS) is 11.3. The first-order chi connectivity index (χ1) is 17.0. The maximum atomic E-state index is 13.4. The van der Waals surface area contributed by atoms with Gasteiger partial charge in [-0.05, 0) is 37.6 Å². The summed E-state index contributed by atoms with van der Waals surface area (Å²) in [5.41, 5.74) is 9.16. The zero-order valence-corrected chi connectivity index (χ0v) is 19.5. The summed E-state index contributed by atoms with van der Waals surface area (Å²) in [6.45, 7) is 3.19. The van der Waals surface area contributed by atoms with Crippen molar-refractivity contribution in [3.63, 3.8) is 0 Å². The van der Waals surface area contributed by atoms with E-state index in [1.165, 1.54) is 11.6 Å². The fourth-order valence-electron chi connectivity index (χ4n) is 3.76. The van der Waals surface area contributed by atoms with Gasteiger partial charge in [-0.1, -0.05) is 30.3 Å². The van der Waals surface area contributed by atoms with Gasteiger partial charge in [0, 0.05) is 36.3 Å². The number of halogens is 3. The Morgan fingerprint density at radius 2 is 1.81 bits per heavy atom. The number of amides is 1. The number of benzene rings is 2. The van der Waals surface area contributed by atoms with E-state index in [4.69, 9.17) is 15.6 Å². The Balaban J connectivity index is 0.000000454. The molecule has 0 unspecified atom stereocenters. The Kier molecular flexibility index (Phi) is 7.78. The number of nitrogens with one attached hydrogen (secondary N) is 1. The topological polar surface area (TPSA) is 132 Å². The van der Waals surface area contributed by atoms with Gasteiger partial charge in [0.05, 0.1) is 11.0 Å². The van der Waals surface area contributed by atoms with Crippen LogP contribution in [0.3, 0.4) is 0 Å². The molecule has 190 valence electrons. The molecule has 0 spiro atoms. The number of carboxylic acids is 1. The molecule has 4 aromatic rings. The number of hydrogen-bond donors (Lipinski definition) is 3. The van der Waals surface area contributed by atoms with Crippen LogP contribution in [-0.2, 0) is 11.3 Å². The van der Waals surface area contributed by atoms with E-state index < -0.39 is 23.7 Å². The maximum absolute atomic E-state index is 13.4. The van der Waals surface area contributed by atoms with Crippen molar-refractivity contribution in [3.8, 4) is 11.3 Å². The number of hydrogen-bond acceptors (Lipinski definition) is 5. The molecule has 0 fully saturated rings. The second-order valence-electron chi connectivity index (χ2n) is 7.80. The fourth-order valence-corrected chi connectivity index (χ4v) is 3.76. The smallest absolute Gasteiger partial charge is 0.475 e. The third-order valence-corrected chi connectivity index (χ3v) is 5.38. The molecule has 12 heteroatoms. The van der Waals surface area contributed by atoms with E-state index in [0.29, 0.717) is 23.1 Å². The monoisotopic (exact) mass is 503 g/mol. The van der Waals surface area contributed by atoms with E-state index in [1.807, 2.05) is 55.6 Å². The lowest BCUT2D eigenvalue weighted by molar-refractivity contribution is -0.192. The Morgan fingerprint density at radius 3 is 2.42 bits per heavy atom. The molecule has 2 heterocycles. The molecular weight excluding hydrogens is 479 g/mol. The van der Waals surface area contributed by atoms with Crippen LogP contribution in [0.2, 0.25) is 0 Å². The van der Waals surface area contributed by atoms with E-state index in [0.717, 1.165) is 29.4 Å². The average molecular weight is 503 g/mol. The van der Waals surface area contributed by atoms with Crippen molar-refractivity contribution in [1.82, 2.24) is 19.4 Å². The number of alkyl halides is 3. The lowest BCUT2D eigenvalue weighted by atomic mass is 10.1. The van der Waals surface area contributed by atoms with Crippen LogP contribution in [0.4, 0.5) is 18.0 Å². The second kappa shape index (κ2) is 10.6. The molecular formula is C24H24F3N5O4. The van der Waals surface area contributed by atoms with Crippen molar-refractivity contribution in [2.75, 3.05) is 13.6 Å². The number of aryl methyl sites for hydroxylation is 2. The maximum Gasteiger partial charge on any atom is 0.490 e. The Morgan fingerprint density at radius 1 is 1.14 bits per heavy atom. The minimum atomic E-state index is -5.08. The predicted octanol–water partition coefficient (Wildman–Crippen LogP) is 3.50. The molecule has 4 N–H and O–H groups in total. The van der Waals surface area contributed by atoms with Gasteiger partial charge in [-0.15, -0.1) is 0 Å². The van der Waals surface area contributed by atoms with Gasteiger partial charge in [-0.25, -0.2) is 19.1 Å². The van der Waals surface area contributed by atoms with E-state index in [1.54, 1.807) is 0 Å². The van der Waals surface area contributed by atoms with Crippen LogP contribution in [0.5, 0.6) is 0 Å². The number of rotatable bonds is 4.